The zero-order valence-electron chi connectivity index (χ0n) is 10.9. The highest BCUT2D eigenvalue weighted by Crippen LogP contribution is 2.03. The molecule has 0 spiro atoms. The van der Waals surface area contributed by atoms with Crippen LogP contribution in [0.25, 0.3) is 0 Å². The van der Waals surface area contributed by atoms with Crippen LogP contribution in [-0.4, -0.2) is 29.2 Å². The van der Waals surface area contributed by atoms with Crippen molar-refractivity contribution in [2.24, 2.45) is 11.7 Å². The first-order chi connectivity index (χ1) is 8.10. The molecular weight excluding hydrogens is 216 g/mol. The third kappa shape index (κ3) is 3.56. The van der Waals surface area contributed by atoms with Crippen LogP contribution in [0.5, 0.6) is 0 Å². The Bertz CT molecular complexity index is 400. The largest absolute Gasteiger partial charge is 0.351 e. The van der Waals surface area contributed by atoms with Gasteiger partial charge in [-0.25, -0.2) is 4.98 Å². The van der Waals surface area contributed by atoms with Crippen molar-refractivity contribution in [1.29, 1.82) is 0 Å². The Morgan fingerprint density at radius 1 is 1.53 bits per heavy atom. The lowest BCUT2D eigenvalue weighted by Crippen LogP contribution is -2.36. The molecule has 0 unspecified atom stereocenters. The maximum atomic E-state index is 12.2. The van der Waals surface area contributed by atoms with Gasteiger partial charge in [0, 0.05) is 38.6 Å². The van der Waals surface area contributed by atoms with Gasteiger partial charge in [0.15, 0.2) is 5.82 Å². The van der Waals surface area contributed by atoms with Gasteiger partial charge in [0.05, 0.1) is 0 Å². The molecule has 5 heteroatoms. The van der Waals surface area contributed by atoms with Gasteiger partial charge in [-0.2, -0.15) is 0 Å². The molecule has 0 aliphatic rings. The van der Waals surface area contributed by atoms with Crippen LogP contribution in [0.4, 0.5) is 5.82 Å². The summed E-state index contributed by atoms with van der Waals surface area (Å²) in [6, 6.07) is 0. The fourth-order valence-electron chi connectivity index (χ4n) is 1.76. The standard InChI is InChI=1S/C12H22N4O/c1-4-15(7-5-13)11-12(17)16(8-6-14-11)9-10(2)3/h6,8,10H,4-5,7,9,13H2,1-3H3. The highest BCUT2D eigenvalue weighted by atomic mass is 16.1. The first kappa shape index (κ1) is 13.7. The molecule has 1 aromatic heterocycles. The maximum absolute atomic E-state index is 12.2. The lowest BCUT2D eigenvalue weighted by molar-refractivity contribution is 0.508. The third-order valence-corrected chi connectivity index (χ3v) is 2.54. The van der Waals surface area contributed by atoms with E-state index in [4.69, 9.17) is 5.73 Å². The molecule has 0 radical (unpaired) electrons. The molecule has 1 aromatic rings. The molecule has 0 amide bonds. The molecule has 17 heavy (non-hydrogen) atoms. The maximum Gasteiger partial charge on any atom is 0.293 e. The minimum absolute atomic E-state index is 0.0310. The molecule has 0 aliphatic heterocycles. The minimum atomic E-state index is -0.0310. The van der Waals surface area contributed by atoms with Crippen molar-refractivity contribution in [3.05, 3.63) is 22.7 Å². The lowest BCUT2D eigenvalue weighted by Gasteiger charge is -2.21. The van der Waals surface area contributed by atoms with Crippen molar-refractivity contribution < 1.29 is 0 Å². The summed E-state index contributed by atoms with van der Waals surface area (Å²) in [6.07, 6.45) is 3.42. The Labute approximate surface area is 102 Å². The topological polar surface area (TPSA) is 64.2 Å². The number of hydrogen-bond donors (Lipinski definition) is 1. The summed E-state index contributed by atoms with van der Waals surface area (Å²) in [6.45, 7) is 8.81. The van der Waals surface area contributed by atoms with E-state index in [1.807, 2.05) is 11.8 Å². The highest BCUT2D eigenvalue weighted by Gasteiger charge is 2.11. The average Bonchev–Trinajstić information content (AvgIpc) is 2.29. The van der Waals surface area contributed by atoms with Crippen LogP contribution in [0.1, 0.15) is 20.8 Å². The van der Waals surface area contributed by atoms with E-state index in [0.717, 1.165) is 6.54 Å². The van der Waals surface area contributed by atoms with Gasteiger partial charge < -0.3 is 15.2 Å². The van der Waals surface area contributed by atoms with E-state index in [9.17, 15) is 4.79 Å². The fourth-order valence-corrected chi connectivity index (χ4v) is 1.76. The van der Waals surface area contributed by atoms with E-state index >= 15 is 0 Å². The molecule has 2 N–H and O–H groups in total. The molecule has 0 bridgehead atoms. The van der Waals surface area contributed by atoms with Gasteiger partial charge in [-0.05, 0) is 12.8 Å². The van der Waals surface area contributed by atoms with Crippen molar-refractivity contribution in [2.75, 3.05) is 24.5 Å². The molecule has 0 aliphatic carbocycles. The summed E-state index contributed by atoms with van der Waals surface area (Å²) in [4.78, 5) is 18.3. The Kier molecular flexibility index (Phi) is 5.15. The molecule has 0 saturated carbocycles. The Balaban J connectivity index is 3.04. The molecule has 96 valence electrons. The van der Waals surface area contributed by atoms with E-state index < -0.39 is 0 Å². The minimum Gasteiger partial charge on any atom is -0.351 e. The van der Waals surface area contributed by atoms with Gasteiger partial charge in [0.2, 0.25) is 0 Å². The van der Waals surface area contributed by atoms with E-state index in [2.05, 4.69) is 18.8 Å². The fraction of sp³-hybridized carbons (Fsp3) is 0.667. The Morgan fingerprint density at radius 2 is 2.24 bits per heavy atom. The zero-order chi connectivity index (χ0) is 12.8. The number of nitrogens with two attached hydrogens (primary N) is 1. The molecule has 1 rings (SSSR count). The first-order valence-electron chi connectivity index (χ1n) is 6.10. The van der Waals surface area contributed by atoms with Crippen molar-refractivity contribution in [1.82, 2.24) is 9.55 Å². The Hall–Kier alpha value is -1.36. The molecule has 5 nitrogen and oxygen atoms in total. The smallest absolute Gasteiger partial charge is 0.293 e. The zero-order valence-corrected chi connectivity index (χ0v) is 10.9. The van der Waals surface area contributed by atoms with Crippen LogP contribution in [0.2, 0.25) is 0 Å². The SMILES string of the molecule is CCN(CCN)c1nccn(CC(C)C)c1=O. The van der Waals surface area contributed by atoms with Gasteiger partial charge >= 0.3 is 0 Å². The van der Waals surface area contributed by atoms with E-state index in [1.165, 1.54) is 0 Å². The summed E-state index contributed by atoms with van der Waals surface area (Å²) in [5, 5.41) is 0. The molecule has 1 heterocycles. The number of rotatable bonds is 6. The summed E-state index contributed by atoms with van der Waals surface area (Å²) in [7, 11) is 0. The van der Waals surface area contributed by atoms with Gasteiger partial charge in [-0.3, -0.25) is 4.79 Å². The quantitative estimate of drug-likeness (QED) is 0.791. The molecule has 0 saturated heterocycles. The number of hydrogen-bond acceptors (Lipinski definition) is 4. The van der Waals surface area contributed by atoms with Crippen molar-refractivity contribution in [3.8, 4) is 0 Å². The summed E-state index contributed by atoms with van der Waals surface area (Å²) >= 11 is 0. The Morgan fingerprint density at radius 3 is 2.76 bits per heavy atom. The van der Waals surface area contributed by atoms with Crippen LogP contribution < -0.4 is 16.2 Å². The molecular formula is C12H22N4O. The predicted octanol–water partition coefficient (Wildman–Crippen LogP) is 0.684. The summed E-state index contributed by atoms with van der Waals surface area (Å²) in [5.74, 6) is 0.939. The highest BCUT2D eigenvalue weighted by molar-refractivity contribution is 5.35. The monoisotopic (exact) mass is 238 g/mol. The number of anilines is 1. The van der Waals surface area contributed by atoms with Crippen LogP contribution in [0.3, 0.4) is 0 Å². The van der Waals surface area contributed by atoms with E-state index in [1.54, 1.807) is 17.0 Å². The van der Waals surface area contributed by atoms with E-state index in [-0.39, 0.29) is 5.56 Å². The average molecular weight is 238 g/mol. The van der Waals surface area contributed by atoms with Crippen molar-refractivity contribution in [3.63, 3.8) is 0 Å². The van der Waals surface area contributed by atoms with Crippen LogP contribution >= 0.6 is 0 Å². The molecule has 0 aromatic carbocycles. The number of aromatic nitrogens is 2. The lowest BCUT2D eigenvalue weighted by atomic mass is 10.2. The van der Waals surface area contributed by atoms with Crippen LogP contribution in [0, 0.1) is 5.92 Å². The predicted molar refractivity (Wildman–Crippen MR) is 70.3 cm³/mol. The normalized spacial score (nSPS) is 10.9. The second-order valence-corrected chi connectivity index (χ2v) is 4.47. The molecule has 0 fully saturated rings. The summed E-state index contributed by atoms with van der Waals surface area (Å²) < 4.78 is 1.71. The van der Waals surface area contributed by atoms with Gasteiger partial charge in [-0.15, -0.1) is 0 Å². The third-order valence-electron chi connectivity index (χ3n) is 2.54. The van der Waals surface area contributed by atoms with Crippen molar-refractivity contribution >= 4 is 5.82 Å². The second kappa shape index (κ2) is 6.39. The second-order valence-electron chi connectivity index (χ2n) is 4.47. The van der Waals surface area contributed by atoms with Gasteiger partial charge in [0.25, 0.3) is 5.56 Å². The number of nitrogens with zero attached hydrogens (tertiary/aromatic N) is 3. The van der Waals surface area contributed by atoms with Crippen molar-refractivity contribution in [2.45, 2.75) is 27.3 Å². The van der Waals surface area contributed by atoms with Gasteiger partial charge in [-0.1, -0.05) is 13.8 Å². The van der Waals surface area contributed by atoms with Crippen LogP contribution in [-0.2, 0) is 6.54 Å². The van der Waals surface area contributed by atoms with Gasteiger partial charge in [0.1, 0.15) is 0 Å². The molecule has 0 atom stereocenters. The summed E-state index contributed by atoms with van der Waals surface area (Å²) in [5.41, 5.74) is 5.50. The van der Waals surface area contributed by atoms with Crippen LogP contribution in [0.15, 0.2) is 17.2 Å². The van der Waals surface area contributed by atoms with E-state index in [0.29, 0.717) is 31.4 Å². The number of likely N-dealkylation sites (N-methyl/N-ethyl adjacent to an activating group) is 1. The first-order valence-corrected chi connectivity index (χ1v) is 6.10.